The first kappa shape index (κ1) is 18.7. The van der Waals surface area contributed by atoms with E-state index >= 15 is 0 Å². The van der Waals surface area contributed by atoms with Crippen LogP contribution in [0.5, 0.6) is 0 Å². The molecule has 0 bridgehead atoms. The zero-order chi connectivity index (χ0) is 17.4. The Balaban J connectivity index is 1.78. The van der Waals surface area contributed by atoms with Gasteiger partial charge in [-0.2, -0.15) is 0 Å². The van der Waals surface area contributed by atoms with Crippen LogP contribution in [0.4, 0.5) is 0 Å². The van der Waals surface area contributed by atoms with E-state index in [2.05, 4.69) is 47.0 Å². The highest BCUT2D eigenvalue weighted by Gasteiger charge is 2.21. The van der Waals surface area contributed by atoms with Crippen molar-refractivity contribution in [1.82, 2.24) is 10.6 Å². The average molecular weight is 364 g/mol. The monoisotopic (exact) mass is 363 g/mol. The van der Waals surface area contributed by atoms with Gasteiger partial charge < -0.3 is 10.6 Å². The van der Waals surface area contributed by atoms with Crippen LogP contribution >= 0.6 is 11.3 Å². The zero-order valence-corrected chi connectivity index (χ0v) is 16.0. The lowest BCUT2D eigenvalue weighted by molar-refractivity contribution is 0.519. The Morgan fingerprint density at radius 2 is 1.92 bits per heavy atom. The van der Waals surface area contributed by atoms with Crippen LogP contribution in [0.2, 0.25) is 0 Å². The highest BCUT2D eigenvalue weighted by Crippen LogP contribution is 2.26. The lowest BCUT2D eigenvalue weighted by Crippen LogP contribution is -2.44. The molecule has 0 aliphatic heterocycles. The molecule has 0 radical (unpaired) electrons. The average Bonchev–Trinajstić information content (AvgIpc) is 3.14. The number of rotatable bonds is 7. The van der Waals surface area contributed by atoms with Crippen molar-refractivity contribution in [3.05, 3.63) is 52.7 Å². The van der Waals surface area contributed by atoms with Gasteiger partial charge in [0.15, 0.2) is 5.96 Å². The topological polar surface area (TPSA) is 53.5 Å². The Hall–Kier alpha value is -1.66. The minimum Gasteiger partial charge on any atom is -0.356 e. The van der Waals surface area contributed by atoms with Gasteiger partial charge in [-0.05, 0) is 23.6 Å². The Morgan fingerprint density at radius 1 is 1.17 bits per heavy atom. The number of benzene rings is 1. The molecule has 2 aromatic rings. The van der Waals surface area contributed by atoms with Crippen molar-refractivity contribution in [2.75, 3.05) is 25.9 Å². The van der Waals surface area contributed by atoms with Crippen LogP contribution in [0.25, 0.3) is 0 Å². The van der Waals surface area contributed by atoms with Crippen LogP contribution in [0, 0.1) is 0 Å². The molecular weight excluding hydrogens is 338 g/mol. The second kappa shape index (κ2) is 8.99. The van der Waals surface area contributed by atoms with E-state index in [1.807, 2.05) is 30.3 Å². The SMILES string of the molecule is CN=C(NCCS(=O)c1ccccc1)NCC(C)(C)c1cccs1. The highest BCUT2D eigenvalue weighted by molar-refractivity contribution is 7.85. The molecular formula is C18H25N3OS2. The summed E-state index contributed by atoms with van der Waals surface area (Å²) < 4.78 is 12.2. The van der Waals surface area contributed by atoms with E-state index in [4.69, 9.17) is 0 Å². The molecule has 1 aromatic heterocycles. The standard InChI is InChI=1S/C18H25N3OS2/c1-18(2,16-10-7-12-23-16)14-21-17(19-3)20-11-13-24(22)15-8-5-4-6-9-15/h4-10,12H,11,13-14H2,1-3H3,(H2,19,20,21). The van der Waals surface area contributed by atoms with E-state index in [0.29, 0.717) is 12.3 Å². The van der Waals surface area contributed by atoms with E-state index in [1.54, 1.807) is 18.4 Å². The summed E-state index contributed by atoms with van der Waals surface area (Å²) in [5.74, 6) is 1.30. The summed E-state index contributed by atoms with van der Waals surface area (Å²) in [4.78, 5) is 6.45. The molecule has 0 amide bonds. The van der Waals surface area contributed by atoms with Gasteiger partial charge in [-0.15, -0.1) is 11.3 Å². The van der Waals surface area contributed by atoms with Gasteiger partial charge >= 0.3 is 0 Å². The van der Waals surface area contributed by atoms with Crippen LogP contribution in [0.15, 0.2) is 57.7 Å². The fourth-order valence-corrected chi connectivity index (χ4v) is 4.06. The normalized spacial score (nSPS) is 13.5. The molecule has 24 heavy (non-hydrogen) atoms. The second-order valence-electron chi connectivity index (χ2n) is 6.08. The minimum atomic E-state index is -0.991. The van der Waals surface area contributed by atoms with Gasteiger partial charge in [-0.1, -0.05) is 38.1 Å². The van der Waals surface area contributed by atoms with Crippen molar-refractivity contribution in [1.29, 1.82) is 0 Å². The third-order valence-corrected chi connectivity index (χ3v) is 6.30. The Bertz CT molecular complexity index is 667. The summed E-state index contributed by atoms with van der Waals surface area (Å²) in [6.07, 6.45) is 0. The van der Waals surface area contributed by atoms with Gasteiger partial charge in [0.05, 0.1) is 10.8 Å². The van der Waals surface area contributed by atoms with Crippen molar-refractivity contribution >= 4 is 28.1 Å². The minimum absolute atomic E-state index is 0.0403. The van der Waals surface area contributed by atoms with Gasteiger partial charge in [-0.3, -0.25) is 9.20 Å². The second-order valence-corrected chi connectivity index (χ2v) is 8.59. The smallest absolute Gasteiger partial charge is 0.191 e. The molecule has 0 aliphatic carbocycles. The van der Waals surface area contributed by atoms with Gasteiger partial charge in [0, 0.05) is 41.1 Å². The Kier molecular flexibility index (Phi) is 6.99. The van der Waals surface area contributed by atoms with E-state index in [-0.39, 0.29) is 5.41 Å². The maximum Gasteiger partial charge on any atom is 0.191 e. The molecule has 1 aromatic carbocycles. The first-order chi connectivity index (χ1) is 11.5. The van der Waals surface area contributed by atoms with Crippen molar-refractivity contribution in [2.24, 2.45) is 4.99 Å². The van der Waals surface area contributed by atoms with Crippen LogP contribution in [0.3, 0.4) is 0 Å². The summed E-state index contributed by atoms with van der Waals surface area (Å²) in [5, 5.41) is 8.70. The first-order valence-corrected chi connectivity index (χ1v) is 10.1. The molecule has 0 spiro atoms. The van der Waals surface area contributed by atoms with Crippen LogP contribution < -0.4 is 10.6 Å². The van der Waals surface area contributed by atoms with Gasteiger partial charge in [0.25, 0.3) is 0 Å². The van der Waals surface area contributed by atoms with Crippen molar-refractivity contribution in [3.63, 3.8) is 0 Å². The van der Waals surface area contributed by atoms with Gasteiger partial charge in [-0.25, -0.2) is 0 Å². The first-order valence-electron chi connectivity index (χ1n) is 7.95. The highest BCUT2D eigenvalue weighted by atomic mass is 32.2. The summed E-state index contributed by atoms with van der Waals surface area (Å²) in [6.45, 7) is 5.82. The lowest BCUT2D eigenvalue weighted by atomic mass is 9.91. The number of aliphatic imine (C=N–C) groups is 1. The molecule has 2 rings (SSSR count). The summed E-state index contributed by atoms with van der Waals surface area (Å²) in [6, 6.07) is 13.8. The summed E-state index contributed by atoms with van der Waals surface area (Å²) in [7, 11) is 0.761. The maximum absolute atomic E-state index is 12.2. The fourth-order valence-electron chi connectivity index (χ4n) is 2.23. The number of guanidine groups is 1. The molecule has 1 unspecified atom stereocenters. The molecule has 6 heteroatoms. The Morgan fingerprint density at radius 3 is 2.54 bits per heavy atom. The number of thiophene rings is 1. The number of hydrogen-bond acceptors (Lipinski definition) is 3. The van der Waals surface area contributed by atoms with Gasteiger partial charge in [0.1, 0.15) is 0 Å². The molecule has 0 fully saturated rings. The third-order valence-electron chi connectivity index (χ3n) is 3.70. The molecule has 0 aliphatic rings. The van der Waals surface area contributed by atoms with Crippen molar-refractivity contribution in [2.45, 2.75) is 24.2 Å². The van der Waals surface area contributed by atoms with Gasteiger partial charge in [0.2, 0.25) is 0 Å². The molecule has 4 nitrogen and oxygen atoms in total. The zero-order valence-electron chi connectivity index (χ0n) is 14.4. The van der Waals surface area contributed by atoms with E-state index in [9.17, 15) is 4.21 Å². The summed E-state index contributed by atoms with van der Waals surface area (Å²) >= 11 is 1.77. The third kappa shape index (κ3) is 5.46. The van der Waals surface area contributed by atoms with Crippen LogP contribution in [-0.2, 0) is 16.2 Å². The molecule has 1 heterocycles. The van der Waals surface area contributed by atoms with E-state index < -0.39 is 10.8 Å². The quantitative estimate of drug-likeness (QED) is 0.587. The predicted molar refractivity (Wildman–Crippen MR) is 104 cm³/mol. The number of hydrogen-bond donors (Lipinski definition) is 2. The summed E-state index contributed by atoms with van der Waals surface area (Å²) in [5.41, 5.74) is 0.0403. The van der Waals surface area contributed by atoms with E-state index in [1.165, 1.54) is 4.88 Å². The lowest BCUT2D eigenvalue weighted by Gasteiger charge is -2.25. The molecule has 130 valence electrons. The van der Waals surface area contributed by atoms with Crippen molar-refractivity contribution in [3.8, 4) is 0 Å². The Labute approximate surface area is 150 Å². The van der Waals surface area contributed by atoms with Crippen LogP contribution in [-0.4, -0.2) is 36.1 Å². The number of nitrogens with zero attached hydrogens (tertiary/aromatic N) is 1. The number of nitrogens with one attached hydrogen (secondary N) is 2. The molecule has 2 N–H and O–H groups in total. The largest absolute Gasteiger partial charge is 0.356 e. The van der Waals surface area contributed by atoms with E-state index in [0.717, 1.165) is 17.4 Å². The molecule has 0 saturated heterocycles. The molecule has 1 atom stereocenters. The fraction of sp³-hybridized carbons (Fsp3) is 0.389. The van der Waals surface area contributed by atoms with Crippen LogP contribution in [0.1, 0.15) is 18.7 Å². The maximum atomic E-state index is 12.2. The van der Waals surface area contributed by atoms with Crippen molar-refractivity contribution < 1.29 is 4.21 Å². The predicted octanol–water partition coefficient (Wildman–Crippen LogP) is 3.00. The molecule has 0 saturated carbocycles.